The molecule has 0 bridgehead atoms. The van der Waals surface area contributed by atoms with Crippen LogP contribution in [0.3, 0.4) is 0 Å². The van der Waals surface area contributed by atoms with Gasteiger partial charge in [-0.2, -0.15) is 0 Å². The summed E-state index contributed by atoms with van der Waals surface area (Å²) < 4.78 is 0. The molecule has 16 heavy (non-hydrogen) atoms. The zero-order chi connectivity index (χ0) is 12.1. The Kier molecular flexibility index (Phi) is 13.1. The van der Waals surface area contributed by atoms with Crippen molar-refractivity contribution in [3.8, 4) is 0 Å². The zero-order valence-corrected chi connectivity index (χ0v) is 11.8. The van der Waals surface area contributed by atoms with Crippen LogP contribution in [-0.2, 0) is 0 Å². The standard InChI is InChI=1S/C16H33/c1-4-7-9-11-14-16(13-6-3)15-12-10-8-5-2/h16H,3-15H2,1-2H3. The van der Waals surface area contributed by atoms with Crippen LogP contribution in [0, 0.1) is 12.8 Å². The van der Waals surface area contributed by atoms with E-state index in [2.05, 4.69) is 20.8 Å². The van der Waals surface area contributed by atoms with E-state index < -0.39 is 0 Å². The molecule has 0 unspecified atom stereocenters. The third kappa shape index (κ3) is 10.5. The molecule has 0 aliphatic heterocycles. The van der Waals surface area contributed by atoms with Crippen LogP contribution in [-0.4, -0.2) is 0 Å². The lowest BCUT2D eigenvalue weighted by molar-refractivity contribution is 0.385. The Hall–Kier alpha value is 0. The Morgan fingerprint density at radius 3 is 1.56 bits per heavy atom. The first-order valence-electron chi connectivity index (χ1n) is 7.64. The van der Waals surface area contributed by atoms with Crippen molar-refractivity contribution in [3.05, 3.63) is 6.92 Å². The van der Waals surface area contributed by atoms with E-state index in [1.54, 1.807) is 0 Å². The Balaban J connectivity index is 3.45. The highest BCUT2D eigenvalue weighted by atomic mass is 14.1. The van der Waals surface area contributed by atoms with Crippen molar-refractivity contribution >= 4 is 0 Å². The van der Waals surface area contributed by atoms with Crippen molar-refractivity contribution in [2.24, 2.45) is 5.92 Å². The zero-order valence-electron chi connectivity index (χ0n) is 11.8. The predicted molar refractivity (Wildman–Crippen MR) is 75.6 cm³/mol. The van der Waals surface area contributed by atoms with Crippen molar-refractivity contribution in [3.63, 3.8) is 0 Å². The summed E-state index contributed by atoms with van der Waals surface area (Å²) in [6, 6.07) is 0. The fraction of sp³-hybridized carbons (Fsp3) is 0.938. The van der Waals surface area contributed by atoms with Gasteiger partial charge in [0, 0.05) is 0 Å². The van der Waals surface area contributed by atoms with Crippen LogP contribution in [0.15, 0.2) is 0 Å². The summed E-state index contributed by atoms with van der Waals surface area (Å²) in [4.78, 5) is 0. The van der Waals surface area contributed by atoms with E-state index in [0.29, 0.717) is 0 Å². The number of unbranched alkanes of at least 4 members (excludes halogenated alkanes) is 6. The highest BCUT2D eigenvalue weighted by Gasteiger charge is 2.06. The summed E-state index contributed by atoms with van der Waals surface area (Å²) in [6.45, 7) is 8.59. The van der Waals surface area contributed by atoms with Crippen molar-refractivity contribution in [1.29, 1.82) is 0 Å². The van der Waals surface area contributed by atoms with Crippen LogP contribution in [0.1, 0.15) is 90.9 Å². The van der Waals surface area contributed by atoms with Gasteiger partial charge in [-0.1, -0.05) is 97.8 Å². The third-order valence-electron chi connectivity index (χ3n) is 3.54. The van der Waals surface area contributed by atoms with Gasteiger partial charge in [-0.25, -0.2) is 0 Å². The minimum atomic E-state index is 0.978. The highest BCUT2D eigenvalue weighted by molar-refractivity contribution is 4.61. The summed E-state index contributed by atoms with van der Waals surface area (Å²) in [5, 5.41) is 0. The van der Waals surface area contributed by atoms with Crippen LogP contribution >= 0.6 is 0 Å². The second-order valence-electron chi connectivity index (χ2n) is 5.21. The molecule has 0 heterocycles. The van der Waals surface area contributed by atoms with Crippen molar-refractivity contribution in [2.45, 2.75) is 90.9 Å². The lowest BCUT2D eigenvalue weighted by atomic mass is 9.91. The molecule has 0 aromatic rings. The summed E-state index contributed by atoms with van der Waals surface area (Å²) in [7, 11) is 0. The van der Waals surface area contributed by atoms with E-state index in [-0.39, 0.29) is 0 Å². The molecule has 0 atom stereocenters. The van der Waals surface area contributed by atoms with Gasteiger partial charge in [0.05, 0.1) is 0 Å². The van der Waals surface area contributed by atoms with Gasteiger partial charge in [-0.3, -0.25) is 0 Å². The largest absolute Gasteiger partial charge is 0.0654 e. The number of hydrogen-bond donors (Lipinski definition) is 0. The molecule has 97 valence electrons. The topological polar surface area (TPSA) is 0 Å². The molecule has 0 spiro atoms. The van der Waals surface area contributed by atoms with E-state index in [9.17, 15) is 0 Å². The van der Waals surface area contributed by atoms with Gasteiger partial charge in [0.25, 0.3) is 0 Å². The molecule has 0 aliphatic rings. The molecule has 0 N–H and O–H groups in total. The Bertz CT molecular complexity index is 105. The highest BCUT2D eigenvalue weighted by Crippen LogP contribution is 2.22. The van der Waals surface area contributed by atoms with E-state index in [1.165, 1.54) is 70.6 Å². The van der Waals surface area contributed by atoms with Gasteiger partial charge in [-0.15, -0.1) is 0 Å². The van der Waals surface area contributed by atoms with E-state index in [0.717, 1.165) is 12.3 Å². The SMILES string of the molecule is [CH2]CCC(CCCCCC)CCCCCC. The van der Waals surface area contributed by atoms with Gasteiger partial charge in [0.15, 0.2) is 0 Å². The molecule has 0 rings (SSSR count). The first kappa shape index (κ1) is 16.0. The van der Waals surface area contributed by atoms with Crippen LogP contribution in [0.25, 0.3) is 0 Å². The average molecular weight is 225 g/mol. The van der Waals surface area contributed by atoms with E-state index in [1.807, 2.05) is 0 Å². The predicted octanol–water partition coefficient (Wildman–Crippen LogP) is 6.16. The molecular formula is C16H33. The van der Waals surface area contributed by atoms with E-state index in [4.69, 9.17) is 0 Å². The Morgan fingerprint density at radius 2 is 1.19 bits per heavy atom. The molecule has 0 nitrogen and oxygen atoms in total. The van der Waals surface area contributed by atoms with Crippen molar-refractivity contribution in [1.82, 2.24) is 0 Å². The maximum atomic E-state index is 4.01. The summed E-state index contributed by atoms with van der Waals surface area (Å²) >= 11 is 0. The van der Waals surface area contributed by atoms with Gasteiger partial charge in [0.1, 0.15) is 0 Å². The minimum Gasteiger partial charge on any atom is -0.0654 e. The molecule has 0 saturated carbocycles. The molecular weight excluding hydrogens is 192 g/mol. The average Bonchev–Trinajstić information content (AvgIpc) is 2.30. The van der Waals surface area contributed by atoms with Gasteiger partial charge < -0.3 is 0 Å². The minimum absolute atomic E-state index is 0.978. The molecule has 0 aliphatic carbocycles. The van der Waals surface area contributed by atoms with Crippen molar-refractivity contribution in [2.75, 3.05) is 0 Å². The summed E-state index contributed by atoms with van der Waals surface area (Å²) in [6.07, 6.45) is 16.8. The quantitative estimate of drug-likeness (QED) is 0.349. The van der Waals surface area contributed by atoms with Crippen LogP contribution in [0.5, 0.6) is 0 Å². The summed E-state index contributed by atoms with van der Waals surface area (Å²) in [5.41, 5.74) is 0. The molecule has 0 saturated heterocycles. The van der Waals surface area contributed by atoms with Gasteiger partial charge >= 0.3 is 0 Å². The monoisotopic (exact) mass is 225 g/mol. The lowest BCUT2D eigenvalue weighted by Gasteiger charge is -2.15. The Morgan fingerprint density at radius 1 is 0.688 bits per heavy atom. The maximum Gasteiger partial charge on any atom is -0.0414 e. The lowest BCUT2D eigenvalue weighted by Crippen LogP contribution is -2.00. The molecule has 0 fully saturated rings. The third-order valence-corrected chi connectivity index (χ3v) is 3.54. The second kappa shape index (κ2) is 13.1. The smallest absolute Gasteiger partial charge is 0.0414 e. The van der Waals surface area contributed by atoms with Gasteiger partial charge in [-0.05, 0) is 5.92 Å². The first-order valence-corrected chi connectivity index (χ1v) is 7.64. The van der Waals surface area contributed by atoms with Crippen LogP contribution < -0.4 is 0 Å². The van der Waals surface area contributed by atoms with Crippen molar-refractivity contribution < 1.29 is 0 Å². The van der Waals surface area contributed by atoms with Gasteiger partial charge in [0.2, 0.25) is 0 Å². The molecule has 0 heteroatoms. The van der Waals surface area contributed by atoms with E-state index >= 15 is 0 Å². The number of rotatable bonds is 12. The fourth-order valence-electron chi connectivity index (χ4n) is 2.44. The first-order chi connectivity index (χ1) is 7.85. The molecule has 0 aromatic carbocycles. The normalized spacial score (nSPS) is 11.2. The van der Waals surface area contributed by atoms with Crippen LogP contribution in [0.2, 0.25) is 0 Å². The maximum absolute atomic E-state index is 4.01. The molecule has 1 radical (unpaired) electrons. The molecule has 0 amide bonds. The second-order valence-corrected chi connectivity index (χ2v) is 5.21. The number of hydrogen-bond acceptors (Lipinski definition) is 0. The summed E-state index contributed by atoms with van der Waals surface area (Å²) in [5.74, 6) is 0.978. The van der Waals surface area contributed by atoms with Crippen LogP contribution in [0.4, 0.5) is 0 Å². The molecule has 0 aromatic heterocycles. The Labute approximate surface area is 104 Å². The fourth-order valence-corrected chi connectivity index (χ4v) is 2.44.